The molecule has 3 aromatic carbocycles. The van der Waals surface area contributed by atoms with Crippen LogP contribution >= 0.6 is 11.6 Å². The lowest BCUT2D eigenvalue weighted by molar-refractivity contribution is -0.153. The lowest BCUT2D eigenvalue weighted by Gasteiger charge is -2.31. The van der Waals surface area contributed by atoms with Crippen LogP contribution in [0, 0.1) is 0 Å². The zero-order valence-electron chi connectivity index (χ0n) is 19.0. The van der Waals surface area contributed by atoms with Crippen molar-refractivity contribution in [3.05, 3.63) is 95.1 Å². The average molecular weight is 495 g/mol. The van der Waals surface area contributed by atoms with Crippen molar-refractivity contribution in [3.8, 4) is 11.1 Å². The quantitative estimate of drug-likeness (QED) is 0.298. The number of rotatable bonds is 7. The summed E-state index contributed by atoms with van der Waals surface area (Å²) in [5.41, 5.74) is 4.35. The van der Waals surface area contributed by atoms with Crippen molar-refractivity contribution < 1.29 is 24.9 Å². The number of alkyl halides is 1. The Kier molecular flexibility index (Phi) is 7.83. The highest BCUT2D eigenvalue weighted by Crippen LogP contribution is 2.25. The first-order valence-corrected chi connectivity index (χ1v) is 11.8. The number of carbonyl (C=O) groups is 2. The molecule has 1 aliphatic heterocycles. The third-order valence-corrected chi connectivity index (χ3v) is 6.54. The van der Waals surface area contributed by atoms with E-state index in [-0.39, 0.29) is 6.61 Å². The Morgan fingerprint density at radius 1 is 0.914 bits per heavy atom. The molecule has 0 saturated carbocycles. The average Bonchev–Trinajstić information content (AvgIpc) is 2.91. The highest BCUT2D eigenvalue weighted by Gasteiger charge is 2.35. The molecule has 7 nitrogen and oxygen atoms in total. The molecule has 35 heavy (non-hydrogen) atoms. The van der Waals surface area contributed by atoms with E-state index in [1.54, 1.807) is 12.1 Å². The van der Waals surface area contributed by atoms with Gasteiger partial charge in [0.05, 0.1) is 6.61 Å². The minimum atomic E-state index is -1.96. The summed E-state index contributed by atoms with van der Waals surface area (Å²) in [7, 11) is 0. The molecule has 0 aliphatic carbocycles. The number of hydrogen-bond acceptors (Lipinski definition) is 5. The molecule has 0 aromatic heterocycles. The van der Waals surface area contributed by atoms with Crippen LogP contribution in [0.15, 0.2) is 72.8 Å². The van der Waals surface area contributed by atoms with E-state index < -0.39 is 29.5 Å². The Balaban J connectivity index is 1.35. The zero-order chi connectivity index (χ0) is 24.9. The fourth-order valence-corrected chi connectivity index (χ4v) is 4.39. The fraction of sp³-hybridized carbons (Fsp3) is 0.259. The molecular formula is C27H27ClN2O5. The highest BCUT2D eigenvalue weighted by atomic mass is 35.5. The van der Waals surface area contributed by atoms with Gasteiger partial charge in [0.1, 0.15) is 5.50 Å². The summed E-state index contributed by atoms with van der Waals surface area (Å²) in [6, 6.07) is 22.3. The van der Waals surface area contributed by atoms with Crippen LogP contribution in [0.1, 0.15) is 27.8 Å². The number of nitrogens with zero attached hydrogens (tertiary/aromatic N) is 1. The zero-order valence-corrected chi connectivity index (χ0v) is 19.7. The Morgan fingerprint density at radius 3 is 2.34 bits per heavy atom. The summed E-state index contributed by atoms with van der Waals surface area (Å²) in [6.45, 7) is 0.655. The van der Waals surface area contributed by atoms with Crippen molar-refractivity contribution in [2.45, 2.75) is 37.3 Å². The van der Waals surface area contributed by atoms with Crippen molar-refractivity contribution in [1.29, 1.82) is 0 Å². The number of fused-ring (bicyclic) bond motifs is 1. The van der Waals surface area contributed by atoms with Crippen LogP contribution in [-0.4, -0.2) is 50.8 Å². The Morgan fingerprint density at radius 2 is 1.63 bits per heavy atom. The predicted octanol–water partition coefficient (Wildman–Crippen LogP) is 2.51. The fourth-order valence-electron chi connectivity index (χ4n) is 4.14. The standard InChI is InChI=1S/C27H27ClN2O5/c28-25(20-10-8-19(9-11-20)21-7-3-4-17(14-21)16-31)29-26(34)23(32)24(33)27(35)30-13-12-18-5-1-2-6-22(18)15-30/h1-11,14,23-25,31-33H,12-13,15-16H2,(H,29,34)/t23-,24-,25?/m0/s1. The summed E-state index contributed by atoms with van der Waals surface area (Å²) in [6.07, 6.45) is -3.22. The minimum absolute atomic E-state index is 0.0521. The number of aliphatic hydroxyl groups excluding tert-OH is 3. The minimum Gasteiger partial charge on any atom is -0.392 e. The van der Waals surface area contributed by atoms with Crippen molar-refractivity contribution in [2.75, 3.05) is 6.54 Å². The Bertz CT molecular complexity index is 1200. The second-order valence-corrected chi connectivity index (χ2v) is 8.96. The second-order valence-electron chi connectivity index (χ2n) is 8.52. The molecule has 182 valence electrons. The molecule has 4 N–H and O–H groups in total. The molecule has 0 saturated heterocycles. The van der Waals surface area contributed by atoms with Gasteiger partial charge in [-0.1, -0.05) is 78.3 Å². The second kappa shape index (κ2) is 11.0. The first-order chi connectivity index (χ1) is 16.9. The third kappa shape index (κ3) is 5.71. The summed E-state index contributed by atoms with van der Waals surface area (Å²) in [5, 5.41) is 32.5. The van der Waals surface area contributed by atoms with Gasteiger partial charge in [-0.2, -0.15) is 0 Å². The van der Waals surface area contributed by atoms with Crippen molar-refractivity contribution in [1.82, 2.24) is 10.2 Å². The van der Waals surface area contributed by atoms with Crippen LogP contribution in [0.5, 0.6) is 0 Å². The normalized spacial score (nSPS) is 15.6. The van der Waals surface area contributed by atoms with E-state index in [0.717, 1.165) is 27.8 Å². The summed E-state index contributed by atoms with van der Waals surface area (Å²) in [5.74, 6) is -1.65. The van der Waals surface area contributed by atoms with Gasteiger partial charge in [-0.3, -0.25) is 9.59 Å². The molecule has 2 amide bonds. The summed E-state index contributed by atoms with van der Waals surface area (Å²) < 4.78 is 0. The monoisotopic (exact) mass is 494 g/mol. The third-order valence-electron chi connectivity index (χ3n) is 6.18. The van der Waals surface area contributed by atoms with E-state index in [1.807, 2.05) is 60.7 Å². The van der Waals surface area contributed by atoms with Crippen molar-refractivity contribution >= 4 is 23.4 Å². The molecule has 1 unspecified atom stereocenters. The van der Waals surface area contributed by atoms with Crippen LogP contribution in [0.25, 0.3) is 11.1 Å². The molecule has 3 aromatic rings. The number of hydrogen-bond donors (Lipinski definition) is 4. The molecule has 0 bridgehead atoms. The maximum atomic E-state index is 12.7. The number of aliphatic hydroxyl groups is 3. The van der Waals surface area contributed by atoms with Crippen LogP contribution in [0.4, 0.5) is 0 Å². The molecule has 8 heteroatoms. The van der Waals surface area contributed by atoms with Gasteiger partial charge in [-0.15, -0.1) is 0 Å². The van der Waals surface area contributed by atoms with Crippen molar-refractivity contribution in [2.24, 2.45) is 0 Å². The van der Waals surface area contributed by atoms with E-state index in [2.05, 4.69) is 5.32 Å². The van der Waals surface area contributed by atoms with Crippen LogP contribution in [0.3, 0.4) is 0 Å². The van der Waals surface area contributed by atoms with Gasteiger partial charge < -0.3 is 25.5 Å². The van der Waals surface area contributed by atoms with E-state index >= 15 is 0 Å². The molecule has 3 atom stereocenters. The Labute approximate surface area is 208 Å². The predicted molar refractivity (Wildman–Crippen MR) is 132 cm³/mol. The summed E-state index contributed by atoms with van der Waals surface area (Å²) in [4.78, 5) is 26.7. The van der Waals surface area contributed by atoms with Crippen LogP contribution in [0.2, 0.25) is 0 Å². The van der Waals surface area contributed by atoms with Gasteiger partial charge in [0.15, 0.2) is 12.2 Å². The molecule has 1 heterocycles. The highest BCUT2D eigenvalue weighted by molar-refractivity contribution is 6.21. The molecule has 1 aliphatic rings. The van der Waals surface area contributed by atoms with Crippen LogP contribution in [-0.2, 0) is 29.2 Å². The Hall–Kier alpha value is -3.23. The molecule has 4 rings (SSSR count). The lowest BCUT2D eigenvalue weighted by Crippen LogP contribution is -2.51. The van der Waals surface area contributed by atoms with Gasteiger partial charge in [-0.25, -0.2) is 0 Å². The number of amides is 2. The number of nitrogens with one attached hydrogen (secondary N) is 1. The van der Waals surface area contributed by atoms with Gasteiger partial charge in [0.2, 0.25) is 0 Å². The first kappa shape index (κ1) is 24.9. The first-order valence-electron chi connectivity index (χ1n) is 11.3. The maximum Gasteiger partial charge on any atom is 0.255 e. The number of carbonyl (C=O) groups excluding carboxylic acids is 2. The van der Waals surface area contributed by atoms with Gasteiger partial charge in [-0.05, 0) is 45.9 Å². The number of halogens is 1. The van der Waals surface area contributed by atoms with E-state index in [9.17, 15) is 24.9 Å². The van der Waals surface area contributed by atoms with E-state index in [0.29, 0.717) is 25.1 Å². The van der Waals surface area contributed by atoms with E-state index in [1.165, 1.54) is 4.90 Å². The molecule has 0 fully saturated rings. The molecular weight excluding hydrogens is 468 g/mol. The van der Waals surface area contributed by atoms with Crippen molar-refractivity contribution in [3.63, 3.8) is 0 Å². The smallest absolute Gasteiger partial charge is 0.255 e. The number of benzene rings is 3. The summed E-state index contributed by atoms with van der Waals surface area (Å²) >= 11 is 6.33. The van der Waals surface area contributed by atoms with E-state index in [4.69, 9.17) is 11.6 Å². The van der Waals surface area contributed by atoms with Gasteiger partial charge >= 0.3 is 0 Å². The lowest BCUT2D eigenvalue weighted by atomic mass is 9.99. The van der Waals surface area contributed by atoms with Gasteiger partial charge in [0.25, 0.3) is 11.8 Å². The largest absolute Gasteiger partial charge is 0.392 e. The SMILES string of the molecule is O=C(NC(Cl)c1ccc(-c2cccc(CO)c2)cc1)[C@@H](O)[C@H](O)C(=O)N1CCc2ccccc2C1. The molecule has 0 radical (unpaired) electrons. The molecule has 0 spiro atoms. The topological polar surface area (TPSA) is 110 Å². The maximum absolute atomic E-state index is 12.7. The van der Waals surface area contributed by atoms with Gasteiger partial charge in [0, 0.05) is 13.1 Å². The van der Waals surface area contributed by atoms with Crippen LogP contribution < -0.4 is 5.32 Å².